The lowest BCUT2D eigenvalue weighted by atomic mass is 9.94. The highest BCUT2D eigenvalue weighted by Gasteiger charge is 2.23. The highest BCUT2D eigenvalue weighted by Crippen LogP contribution is 2.23. The fourth-order valence-electron chi connectivity index (χ4n) is 1.33. The fraction of sp³-hybridized carbons (Fsp3) is 0.417. The molecule has 0 radical (unpaired) electrons. The summed E-state index contributed by atoms with van der Waals surface area (Å²) >= 11 is 3.43. The summed E-state index contributed by atoms with van der Waals surface area (Å²) in [5, 5.41) is 2.97. The van der Waals surface area contributed by atoms with E-state index in [2.05, 4.69) is 21.2 Å². The molecule has 0 aliphatic heterocycles. The molecule has 0 bridgehead atoms. The van der Waals surface area contributed by atoms with Gasteiger partial charge in [-0.05, 0) is 31.5 Å². The van der Waals surface area contributed by atoms with E-state index >= 15 is 0 Å². The Morgan fingerprint density at radius 1 is 1.38 bits per heavy atom. The first kappa shape index (κ1) is 13.0. The molecule has 2 amide bonds. The van der Waals surface area contributed by atoms with Crippen LogP contribution in [0.1, 0.15) is 19.4 Å². The van der Waals surface area contributed by atoms with E-state index in [1.165, 1.54) is 4.90 Å². The highest BCUT2D eigenvalue weighted by atomic mass is 79.9. The Morgan fingerprint density at radius 3 is 2.50 bits per heavy atom. The summed E-state index contributed by atoms with van der Waals surface area (Å²) in [5.41, 5.74) is 0.683. The molecule has 0 saturated heterocycles. The van der Waals surface area contributed by atoms with Crippen molar-refractivity contribution in [3.63, 3.8) is 0 Å². The third kappa shape index (κ3) is 3.23. The van der Waals surface area contributed by atoms with Crippen molar-refractivity contribution in [1.82, 2.24) is 10.2 Å². The van der Waals surface area contributed by atoms with E-state index in [0.29, 0.717) is 0 Å². The standard InChI is InChI=1S/C12H17BrN2O/c1-12(2,14-11(16)15(3)4)9-6-5-7-10(13)8-9/h5-8H,1-4H3,(H,14,16). The Balaban J connectivity index is 2.89. The number of hydrogen-bond donors (Lipinski definition) is 1. The lowest BCUT2D eigenvalue weighted by Gasteiger charge is -2.28. The van der Waals surface area contributed by atoms with Crippen molar-refractivity contribution in [3.8, 4) is 0 Å². The van der Waals surface area contributed by atoms with E-state index in [1.807, 2.05) is 38.1 Å². The van der Waals surface area contributed by atoms with Gasteiger partial charge in [-0.15, -0.1) is 0 Å². The number of halogens is 1. The monoisotopic (exact) mass is 284 g/mol. The Kier molecular flexibility index (Phi) is 3.97. The van der Waals surface area contributed by atoms with Crippen LogP contribution in [0.25, 0.3) is 0 Å². The van der Waals surface area contributed by atoms with Crippen LogP contribution in [0.5, 0.6) is 0 Å². The van der Waals surface area contributed by atoms with Crippen LogP contribution in [0.3, 0.4) is 0 Å². The maximum absolute atomic E-state index is 11.6. The van der Waals surface area contributed by atoms with Gasteiger partial charge in [0.2, 0.25) is 0 Å². The number of carbonyl (C=O) groups excluding carboxylic acids is 1. The second kappa shape index (κ2) is 4.87. The van der Waals surface area contributed by atoms with Crippen molar-refractivity contribution in [2.75, 3.05) is 14.1 Å². The van der Waals surface area contributed by atoms with Gasteiger partial charge in [0, 0.05) is 18.6 Å². The summed E-state index contributed by atoms with van der Waals surface area (Å²) < 4.78 is 1.01. The van der Waals surface area contributed by atoms with Crippen molar-refractivity contribution in [2.24, 2.45) is 0 Å². The molecule has 4 heteroatoms. The molecular formula is C12H17BrN2O. The van der Waals surface area contributed by atoms with Gasteiger partial charge >= 0.3 is 6.03 Å². The quantitative estimate of drug-likeness (QED) is 0.890. The van der Waals surface area contributed by atoms with E-state index < -0.39 is 0 Å². The normalized spacial score (nSPS) is 11.1. The second-order valence-corrected chi connectivity index (χ2v) is 5.38. The van der Waals surface area contributed by atoms with Crippen molar-refractivity contribution >= 4 is 22.0 Å². The van der Waals surface area contributed by atoms with Gasteiger partial charge in [0.15, 0.2) is 0 Å². The topological polar surface area (TPSA) is 32.3 Å². The number of nitrogens with one attached hydrogen (secondary N) is 1. The van der Waals surface area contributed by atoms with Gasteiger partial charge in [-0.1, -0.05) is 28.1 Å². The number of hydrogen-bond acceptors (Lipinski definition) is 1. The third-order valence-electron chi connectivity index (χ3n) is 2.37. The molecule has 0 aliphatic rings. The molecule has 0 unspecified atom stereocenters. The summed E-state index contributed by atoms with van der Waals surface area (Å²) in [5.74, 6) is 0. The smallest absolute Gasteiger partial charge is 0.317 e. The molecular weight excluding hydrogens is 268 g/mol. The minimum absolute atomic E-state index is 0.0926. The highest BCUT2D eigenvalue weighted by molar-refractivity contribution is 9.10. The molecule has 0 aliphatic carbocycles. The Labute approximate surface area is 105 Å². The molecule has 0 aromatic heterocycles. The predicted molar refractivity (Wildman–Crippen MR) is 69.4 cm³/mol. The largest absolute Gasteiger partial charge is 0.331 e. The van der Waals surface area contributed by atoms with Crippen LogP contribution >= 0.6 is 15.9 Å². The zero-order valence-corrected chi connectivity index (χ0v) is 11.6. The van der Waals surface area contributed by atoms with Gasteiger partial charge in [0.1, 0.15) is 0 Å². The molecule has 0 heterocycles. The Hall–Kier alpha value is -1.03. The average Bonchev–Trinajstić information content (AvgIpc) is 2.17. The van der Waals surface area contributed by atoms with Crippen LogP contribution in [-0.4, -0.2) is 25.0 Å². The first-order valence-corrected chi connectivity index (χ1v) is 5.88. The maximum atomic E-state index is 11.6. The van der Waals surface area contributed by atoms with Gasteiger partial charge < -0.3 is 10.2 Å². The van der Waals surface area contributed by atoms with E-state index in [9.17, 15) is 4.79 Å². The fourth-order valence-corrected chi connectivity index (χ4v) is 1.73. The van der Waals surface area contributed by atoms with E-state index in [1.54, 1.807) is 14.1 Å². The zero-order valence-electron chi connectivity index (χ0n) is 10.0. The lowest BCUT2D eigenvalue weighted by Crippen LogP contribution is -2.45. The van der Waals surface area contributed by atoms with Crippen LogP contribution in [0.4, 0.5) is 4.79 Å². The number of rotatable bonds is 2. The van der Waals surface area contributed by atoms with Crippen molar-refractivity contribution in [2.45, 2.75) is 19.4 Å². The van der Waals surface area contributed by atoms with E-state index in [0.717, 1.165) is 10.0 Å². The molecule has 0 saturated carbocycles. The van der Waals surface area contributed by atoms with Gasteiger partial charge in [-0.2, -0.15) is 0 Å². The number of carbonyl (C=O) groups is 1. The molecule has 3 nitrogen and oxygen atoms in total. The first-order valence-electron chi connectivity index (χ1n) is 5.08. The molecule has 16 heavy (non-hydrogen) atoms. The maximum Gasteiger partial charge on any atom is 0.317 e. The van der Waals surface area contributed by atoms with E-state index in [-0.39, 0.29) is 11.6 Å². The van der Waals surface area contributed by atoms with Gasteiger partial charge in [0.05, 0.1) is 5.54 Å². The van der Waals surface area contributed by atoms with Gasteiger partial charge in [0.25, 0.3) is 0 Å². The van der Waals surface area contributed by atoms with Crippen molar-refractivity contribution < 1.29 is 4.79 Å². The summed E-state index contributed by atoms with van der Waals surface area (Å²) in [4.78, 5) is 13.1. The average molecular weight is 285 g/mol. The SMILES string of the molecule is CN(C)C(=O)NC(C)(C)c1cccc(Br)c1. The summed E-state index contributed by atoms with van der Waals surface area (Å²) in [6.07, 6.45) is 0. The minimum atomic E-state index is -0.384. The molecule has 0 fully saturated rings. The molecule has 1 aromatic rings. The van der Waals surface area contributed by atoms with Gasteiger partial charge in [-0.3, -0.25) is 0 Å². The molecule has 0 atom stereocenters. The molecule has 1 aromatic carbocycles. The second-order valence-electron chi connectivity index (χ2n) is 4.46. The first-order chi connectivity index (χ1) is 7.33. The van der Waals surface area contributed by atoms with Crippen LogP contribution in [0.2, 0.25) is 0 Å². The Bertz CT molecular complexity index is 388. The van der Waals surface area contributed by atoms with Crippen LogP contribution in [-0.2, 0) is 5.54 Å². The lowest BCUT2D eigenvalue weighted by molar-refractivity contribution is 0.206. The van der Waals surface area contributed by atoms with Crippen LogP contribution in [0.15, 0.2) is 28.7 Å². The zero-order chi connectivity index (χ0) is 12.3. The number of nitrogens with zero attached hydrogens (tertiary/aromatic N) is 1. The number of urea groups is 1. The number of amides is 2. The molecule has 88 valence electrons. The van der Waals surface area contributed by atoms with Crippen molar-refractivity contribution in [1.29, 1.82) is 0 Å². The molecule has 1 rings (SSSR count). The van der Waals surface area contributed by atoms with Gasteiger partial charge in [-0.25, -0.2) is 4.79 Å². The predicted octanol–water partition coefficient (Wildman–Crippen LogP) is 2.96. The Morgan fingerprint density at radius 2 is 2.00 bits per heavy atom. The number of benzene rings is 1. The molecule has 1 N–H and O–H groups in total. The third-order valence-corrected chi connectivity index (χ3v) is 2.87. The van der Waals surface area contributed by atoms with Crippen molar-refractivity contribution in [3.05, 3.63) is 34.3 Å². The van der Waals surface area contributed by atoms with E-state index in [4.69, 9.17) is 0 Å². The summed E-state index contributed by atoms with van der Waals surface area (Å²) in [6, 6.07) is 7.84. The van der Waals surface area contributed by atoms with Crippen LogP contribution in [0, 0.1) is 0 Å². The minimum Gasteiger partial charge on any atom is -0.331 e. The van der Waals surface area contributed by atoms with Crippen LogP contribution < -0.4 is 5.32 Å². The summed E-state index contributed by atoms with van der Waals surface area (Å²) in [6.45, 7) is 3.96. The molecule has 0 spiro atoms. The summed E-state index contributed by atoms with van der Waals surface area (Å²) in [7, 11) is 3.46.